The zero-order valence-electron chi connectivity index (χ0n) is 10.7. The largest absolute Gasteiger partial charge is 0.317 e. The summed E-state index contributed by atoms with van der Waals surface area (Å²) < 4.78 is 0. The Balaban J connectivity index is 1.83. The van der Waals surface area contributed by atoms with E-state index < -0.39 is 0 Å². The summed E-state index contributed by atoms with van der Waals surface area (Å²) in [6.45, 7) is 8.06. The van der Waals surface area contributed by atoms with E-state index in [0.717, 1.165) is 19.0 Å². The molecular formula is C14H23N3. The molecule has 3 nitrogen and oxygen atoms in total. The highest BCUT2D eigenvalue weighted by Crippen LogP contribution is 2.14. The highest BCUT2D eigenvalue weighted by molar-refractivity contribution is 5.09. The molecule has 0 amide bonds. The van der Waals surface area contributed by atoms with Gasteiger partial charge < -0.3 is 5.32 Å². The maximum Gasteiger partial charge on any atom is 0.0271 e. The summed E-state index contributed by atoms with van der Waals surface area (Å²) in [5.41, 5.74) is 1.37. The molecule has 1 saturated heterocycles. The van der Waals surface area contributed by atoms with Gasteiger partial charge in [-0.25, -0.2) is 0 Å². The van der Waals surface area contributed by atoms with Gasteiger partial charge >= 0.3 is 0 Å². The van der Waals surface area contributed by atoms with E-state index in [-0.39, 0.29) is 0 Å². The topological polar surface area (TPSA) is 28.2 Å². The fourth-order valence-corrected chi connectivity index (χ4v) is 2.48. The molecule has 1 aliphatic heterocycles. The Bertz CT molecular complexity index is 307. The minimum Gasteiger partial charge on any atom is -0.317 e. The monoisotopic (exact) mass is 233 g/mol. The molecule has 1 aromatic heterocycles. The smallest absolute Gasteiger partial charge is 0.0271 e. The lowest BCUT2D eigenvalue weighted by Gasteiger charge is -2.29. The van der Waals surface area contributed by atoms with Crippen molar-refractivity contribution in [3.05, 3.63) is 30.1 Å². The average molecular weight is 233 g/mol. The number of nitrogens with one attached hydrogen (secondary N) is 1. The van der Waals surface area contributed by atoms with Crippen LogP contribution in [0.4, 0.5) is 0 Å². The molecule has 0 bridgehead atoms. The number of piperidine rings is 1. The van der Waals surface area contributed by atoms with Gasteiger partial charge in [-0.15, -0.1) is 0 Å². The van der Waals surface area contributed by atoms with Gasteiger partial charge in [-0.05, 0) is 56.1 Å². The van der Waals surface area contributed by atoms with Crippen LogP contribution >= 0.6 is 0 Å². The van der Waals surface area contributed by atoms with Crippen LogP contribution in [0.15, 0.2) is 24.5 Å². The molecule has 0 unspecified atom stereocenters. The first-order valence-electron chi connectivity index (χ1n) is 6.70. The average Bonchev–Trinajstić information content (AvgIpc) is 2.40. The quantitative estimate of drug-likeness (QED) is 0.842. The zero-order valence-corrected chi connectivity index (χ0v) is 10.7. The number of nitrogens with zero attached hydrogens (tertiary/aromatic N) is 2. The van der Waals surface area contributed by atoms with Gasteiger partial charge in [0.1, 0.15) is 0 Å². The van der Waals surface area contributed by atoms with Crippen molar-refractivity contribution in [3.8, 4) is 0 Å². The Kier molecular flexibility index (Phi) is 4.95. The Morgan fingerprint density at radius 2 is 2.00 bits per heavy atom. The molecule has 0 saturated carbocycles. The van der Waals surface area contributed by atoms with E-state index in [9.17, 15) is 0 Å². The van der Waals surface area contributed by atoms with E-state index in [0.29, 0.717) is 0 Å². The third kappa shape index (κ3) is 4.10. The highest BCUT2D eigenvalue weighted by Gasteiger charge is 2.16. The lowest BCUT2D eigenvalue weighted by atomic mass is 9.97. The van der Waals surface area contributed by atoms with Crippen molar-refractivity contribution in [1.82, 2.24) is 15.2 Å². The standard InChI is InChI=1S/C14H23N3/c1-2-17(11-13-3-7-15-8-4-13)12-14-5-9-16-10-6-14/h3-4,7-8,14,16H,2,5-6,9-12H2,1H3. The van der Waals surface area contributed by atoms with Crippen molar-refractivity contribution in [2.75, 3.05) is 26.2 Å². The Morgan fingerprint density at radius 1 is 1.29 bits per heavy atom. The van der Waals surface area contributed by atoms with E-state index in [1.165, 1.54) is 38.0 Å². The number of pyridine rings is 1. The molecule has 0 spiro atoms. The van der Waals surface area contributed by atoms with Gasteiger partial charge in [-0.3, -0.25) is 9.88 Å². The first-order valence-corrected chi connectivity index (χ1v) is 6.70. The van der Waals surface area contributed by atoms with Gasteiger partial charge in [-0.1, -0.05) is 6.92 Å². The van der Waals surface area contributed by atoms with E-state index in [2.05, 4.69) is 34.3 Å². The number of hydrogen-bond acceptors (Lipinski definition) is 3. The number of rotatable bonds is 5. The second-order valence-corrected chi connectivity index (χ2v) is 4.88. The van der Waals surface area contributed by atoms with E-state index in [1.54, 1.807) is 0 Å². The molecule has 94 valence electrons. The van der Waals surface area contributed by atoms with Crippen LogP contribution in [-0.2, 0) is 6.54 Å². The summed E-state index contributed by atoms with van der Waals surface area (Å²) in [5, 5.41) is 3.43. The molecule has 0 radical (unpaired) electrons. The summed E-state index contributed by atoms with van der Waals surface area (Å²) in [7, 11) is 0. The second-order valence-electron chi connectivity index (χ2n) is 4.88. The molecule has 2 rings (SSSR count). The molecule has 0 atom stereocenters. The Hall–Kier alpha value is -0.930. The minimum absolute atomic E-state index is 0.873. The first kappa shape index (κ1) is 12.5. The van der Waals surface area contributed by atoms with E-state index in [1.807, 2.05) is 12.4 Å². The molecule has 1 fully saturated rings. The molecular weight excluding hydrogens is 210 g/mol. The Morgan fingerprint density at radius 3 is 2.65 bits per heavy atom. The highest BCUT2D eigenvalue weighted by atomic mass is 15.1. The van der Waals surface area contributed by atoms with Crippen LogP contribution in [0.2, 0.25) is 0 Å². The Labute approximate surface area is 104 Å². The van der Waals surface area contributed by atoms with Gasteiger partial charge in [0.25, 0.3) is 0 Å². The van der Waals surface area contributed by atoms with Crippen LogP contribution in [0, 0.1) is 5.92 Å². The molecule has 2 heterocycles. The maximum absolute atomic E-state index is 4.07. The molecule has 0 aliphatic carbocycles. The number of hydrogen-bond donors (Lipinski definition) is 1. The fraction of sp³-hybridized carbons (Fsp3) is 0.643. The minimum atomic E-state index is 0.873. The lowest BCUT2D eigenvalue weighted by Crippen LogP contribution is -2.35. The van der Waals surface area contributed by atoms with Crippen LogP contribution < -0.4 is 5.32 Å². The van der Waals surface area contributed by atoms with Crippen LogP contribution in [0.1, 0.15) is 25.3 Å². The summed E-state index contributed by atoms with van der Waals surface area (Å²) in [6, 6.07) is 4.23. The summed E-state index contributed by atoms with van der Waals surface area (Å²) >= 11 is 0. The van der Waals surface area contributed by atoms with Crippen molar-refractivity contribution in [1.29, 1.82) is 0 Å². The third-order valence-electron chi connectivity index (χ3n) is 3.58. The summed E-state index contributed by atoms with van der Waals surface area (Å²) in [5.74, 6) is 0.873. The van der Waals surface area contributed by atoms with Crippen molar-refractivity contribution in [2.24, 2.45) is 5.92 Å². The molecule has 1 N–H and O–H groups in total. The molecule has 0 aromatic carbocycles. The van der Waals surface area contributed by atoms with Crippen molar-refractivity contribution >= 4 is 0 Å². The predicted molar refractivity (Wildman–Crippen MR) is 70.8 cm³/mol. The summed E-state index contributed by atoms with van der Waals surface area (Å²) in [6.07, 6.45) is 6.42. The van der Waals surface area contributed by atoms with Crippen molar-refractivity contribution in [3.63, 3.8) is 0 Å². The molecule has 1 aromatic rings. The van der Waals surface area contributed by atoms with Crippen molar-refractivity contribution in [2.45, 2.75) is 26.3 Å². The predicted octanol–water partition coefficient (Wildman–Crippen LogP) is 1.90. The second kappa shape index (κ2) is 6.72. The van der Waals surface area contributed by atoms with Gasteiger partial charge in [0.05, 0.1) is 0 Å². The molecule has 3 heteroatoms. The van der Waals surface area contributed by atoms with Gasteiger partial charge in [0.15, 0.2) is 0 Å². The third-order valence-corrected chi connectivity index (χ3v) is 3.58. The summed E-state index contributed by atoms with van der Waals surface area (Å²) in [4.78, 5) is 6.61. The first-order chi connectivity index (χ1) is 8.38. The fourth-order valence-electron chi connectivity index (χ4n) is 2.48. The van der Waals surface area contributed by atoms with Gasteiger partial charge in [-0.2, -0.15) is 0 Å². The van der Waals surface area contributed by atoms with Gasteiger partial charge in [0.2, 0.25) is 0 Å². The van der Waals surface area contributed by atoms with Crippen LogP contribution in [0.3, 0.4) is 0 Å². The maximum atomic E-state index is 4.07. The van der Waals surface area contributed by atoms with Crippen LogP contribution in [0.5, 0.6) is 0 Å². The number of aromatic nitrogens is 1. The molecule has 1 aliphatic rings. The molecule has 17 heavy (non-hydrogen) atoms. The van der Waals surface area contributed by atoms with E-state index >= 15 is 0 Å². The zero-order chi connectivity index (χ0) is 11.9. The van der Waals surface area contributed by atoms with Crippen LogP contribution in [-0.4, -0.2) is 36.1 Å². The lowest BCUT2D eigenvalue weighted by molar-refractivity contribution is 0.207. The van der Waals surface area contributed by atoms with Crippen LogP contribution in [0.25, 0.3) is 0 Å². The SMILES string of the molecule is CCN(Cc1ccncc1)CC1CCNCC1. The van der Waals surface area contributed by atoms with E-state index in [4.69, 9.17) is 0 Å². The van der Waals surface area contributed by atoms with Gasteiger partial charge in [0, 0.05) is 25.5 Å². The normalized spacial score (nSPS) is 17.5. The van der Waals surface area contributed by atoms with Crippen molar-refractivity contribution < 1.29 is 0 Å².